The number of rotatable bonds is 5. The molecule has 0 fully saturated rings. The van der Waals surface area contributed by atoms with E-state index in [1.54, 1.807) is 4.57 Å². The molecule has 5 rings (SSSR count). The highest BCUT2D eigenvalue weighted by Crippen LogP contribution is 2.36. The quantitative estimate of drug-likeness (QED) is 0.453. The van der Waals surface area contributed by atoms with Crippen LogP contribution in [-0.4, -0.2) is 25.4 Å². The molecular weight excluding hydrogens is 402 g/mol. The lowest BCUT2D eigenvalue weighted by Gasteiger charge is -2.12. The van der Waals surface area contributed by atoms with Gasteiger partial charge in [0.2, 0.25) is 0 Å². The lowest BCUT2D eigenvalue weighted by molar-refractivity contribution is -0.137. The highest BCUT2D eigenvalue weighted by molar-refractivity contribution is 6.05. The minimum Gasteiger partial charge on any atom is -0.480 e. The monoisotopic (exact) mass is 423 g/mol. The van der Waals surface area contributed by atoms with Crippen LogP contribution in [0.4, 0.5) is 0 Å². The molecule has 158 valence electrons. The number of para-hydroxylation sites is 1. The Morgan fingerprint density at radius 3 is 2.22 bits per heavy atom. The maximum Gasteiger partial charge on any atom is 0.323 e. The fraction of sp³-hybridized carbons (Fsp3) is 0.115. The third-order valence-electron chi connectivity index (χ3n) is 5.80. The highest BCUT2D eigenvalue weighted by Gasteiger charge is 2.21. The number of aliphatic carboxylic acids is 1. The summed E-state index contributed by atoms with van der Waals surface area (Å²) in [5.41, 5.74) is 3.98. The van der Waals surface area contributed by atoms with E-state index in [1.165, 1.54) is 4.68 Å². The Morgan fingerprint density at radius 1 is 0.875 bits per heavy atom. The van der Waals surface area contributed by atoms with Gasteiger partial charge in [-0.15, -0.1) is 0 Å². The van der Waals surface area contributed by atoms with Crippen LogP contribution < -0.4 is 5.56 Å². The second kappa shape index (κ2) is 7.81. The molecule has 6 nitrogen and oxygen atoms in total. The van der Waals surface area contributed by atoms with E-state index in [9.17, 15) is 14.7 Å². The standard InChI is InChI=1S/C26H21N3O3/c1-17-24(21-13-7-8-14-22(21)28(17)16-23(30)31)25-19-11-5-6-12-20(19)26(32)29(27-25)15-18-9-3-2-4-10-18/h2-14H,15-16H2,1H3,(H,30,31). The van der Waals surface area contributed by atoms with Crippen molar-refractivity contribution < 1.29 is 9.90 Å². The van der Waals surface area contributed by atoms with Crippen LogP contribution >= 0.6 is 0 Å². The maximum absolute atomic E-state index is 13.2. The van der Waals surface area contributed by atoms with Crippen molar-refractivity contribution in [3.63, 3.8) is 0 Å². The van der Waals surface area contributed by atoms with E-state index in [1.807, 2.05) is 85.8 Å². The predicted octanol–water partition coefficient (Wildman–Crippen LogP) is 4.46. The summed E-state index contributed by atoms with van der Waals surface area (Å²) in [6, 6.07) is 24.9. The lowest BCUT2D eigenvalue weighted by atomic mass is 10.0. The van der Waals surface area contributed by atoms with Crippen molar-refractivity contribution in [3.05, 3.63) is 100 Å². The second-order valence-corrected chi connectivity index (χ2v) is 7.80. The van der Waals surface area contributed by atoms with Gasteiger partial charge in [-0.3, -0.25) is 9.59 Å². The Bertz CT molecular complexity index is 1530. The molecule has 0 aliphatic carbocycles. The van der Waals surface area contributed by atoms with Crippen LogP contribution in [0.5, 0.6) is 0 Å². The number of aromatic nitrogens is 3. The van der Waals surface area contributed by atoms with Crippen LogP contribution in [0, 0.1) is 6.92 Å². The summed E-state index contributed by atoms with van der Waals surface area (Å²) in [7, 11) is 0. The molecule has 0 saturated heterocycles. The molecule has 0 saturated carbocycles. The zero-order valence-corrected chi connectivity index (χ0v) is 17.5. The van der Waals surface area contributed by atoms with E-state index in [-0.39, 0.29) is 12.1 Å². The number of hydrogen-bond acceptors (Lipinski definition) is 3. The third kappa shape index (κ3) is 3.26. The maximum atomic E-state index is 13.2. The smallest absolute Gasteiger partial charge is 0.323 e. The molecule has 5 aromatic rings. The molecule has 0 amide bonds. The van der Waals surface area contributed by atoms with E-state index in [0.29, 0.717) is 17.6 Å². The Morgan fingerprint density at radius 2 is 1.50 bits per heavy atom. The van der Waals surface area contributed by atoms with Gasteiger partial charge in [0.25, 0.3) is 5.56 Å². The van der Waals surface area contributed by atoms with Gasteiger partial charge < -0.3 is 9.67 Å². The SMILES string of the molecule is Cc1c(-c2nn(Cc3ccccc3)c(=O)c3ccccc23)c2ccccc2n1CC(=O)O. The molecule has 0 aliphatic rings. The van der Waals surface area contributed by atoms with E-state index < -0.39 is 5.97 Å². The second-order valence-electron chi connectivity index (χ2n) is 7.80. The summed E-state index contributed by atoms with van der Waals surface area (Å²) < 4.78 is 3.28. The van der Waals surface area contributed by atoms with Crippen molar-refractivity contribution in [2.24, 2.45) is 0 Å². The van der Waals surface area contributed by atoms with Crippen molar-refractivity contribution in [2.45, 2.75) is 20.0 Å². The first-order valence-electron chi connectivity index (χ1n) is 10.4. The molecule has 0 atom stereocenters. The van der Waals surface area contributed by atoms with Crippen LogP contribution in [0.25, 0.3) is 32.9 Å². The molecule has 3 aromatic carbocycles. The van der Waals surface area contributed by atoms with Gasteiger partial charge in [0.1, 0.15) is 12.2 Å². The van der Waals surface area contributed by atoms with Gasteiger partial charge in [-0.2, -0.15) is 5.10 Å². The number of carboxylic acid groups (broad SMARTS) is 1. The number of carbonyl (C=O) groups is 1. The van der Waals surface area contributed by atoms with Gasteiger partial charge >= 0.3 is 5.97 Å². The molecule has 32 heavy (non-hydrogen) atoms. The average molecular weight is 423 g/mol. The zero-order chi connectivity index (χ0) is 22.2. The van der Waals surface area contributed by atoms with Crippen molar-refractivity contribution in [2.75, 3.05) is 0 Å². The molecule has 0 bridgehead atoms. The number of carboxylic acids is 1. The van der Waals surface area contributed by atoms with Crippen molar-refractivity contribution in [1.82, 2.24) is 14.3 Å². The normalized spacial score (nSPS) is 11.3. The zero-order valence-electron chi connectivity index (χ0n) is 17.5. The van der Waals surface area contributed by atoms with E-state index in [4.69, 9.17) is 5.10 Å². The summed E-state index contributed by atoms with van der Waals surface area (Å²) in [5.74, 6) is -0.910. The Kier molecular flexibility index (Phi) is 4.82. The minimum absolute atomic E-state index is 0.145. The van der Waals surface area contributed by atoms with Crippen molar-refractivity contribution in [1.29, 1.82) is 0 Å². The van der Waals surface area contributed by atoms with Gasteiger partial charge in [0.05, 0.1) is 11.9 Å². The Hall–Kier alpha value is -4.19. The number of benzene rings is 3. The molecule has 0 aliphatic heterocycles. The molecule has 0 radical (unpaired) electrons. The first-order valence-corrected chi connectivity index (χ1v) is 10.4. The number of hydrogen-bond donors (Lipinski definition) is 1. The fourth-order valence-corrected chi connectivity index (χ4v) is 4.35. The molecular formula is C26H21N3O3. The van der Waals surface area contributed by atoms with E-state index in [2.05, 4.69) is 0 Å². The molecule has 2 aromatic heterocycles. The molecule has 6 heteroatoms. The average Bonchev–Trinajstić information content (AvgIpc) is 3.07. The van der Waals surface area contributed by atoms with Crippen LogP contribution in [0.15, 0.2) is 83.7 Å². The molecule has 0 unspecified atom stereocenters. The summed E-state index contributed by atoms with van der Waals surface area (Å²) >= 11 is 0. The minimum atomic E-state index is -0.910. The summed E-state index contributed by atoms with van der Waals surface area (Å²) in [5, 5.41) is 16.5. The van der Waals surface area contributed by atoms with E-state index >= 15 is 0 Å². The summed E-state index contributed by atoms with van der Waals surface area (Å²) in [4.78, 5) is 24.8. The van der Waals surface area contributed by atoms with Gasteiger partial charge in [0, 0.05) is 27.5 Å². The predicted molar refractivity (Wildman–Crippen MR) is 125 cm³/mol. The fourth-order valence-electron chi connectivity index (χ4n) is 4.35. The van der Waals surface area contributed by atoms with Gasteiger partial charge in [0.15, 0.2) is 0 Å². The third-order valence-corrected chi connectivity index (χ3v) is 5.80. The summed E-state index contributed by atoms with van der Waals surface area (Å²) in [6.07, 6.45) is 0. The van der Waals surface area contributed by atoms with Crippen LogP contribution in [-0.2, 0) is 17.9 Å². The van der Waals surface area contributed by atoms with Crippen LogP contribution in [0.1, 0.15) is 11.3 Å². The molecule has 0 spiro atoms. The van der Waals surface area contributed by atoms with Crippen molar-refractivity contribution in [3.8, 4) is 11.3 Å². The van der Waals surface area contributed by atoms with Gasteiger partial charge in [-0.25, -0.2) is 4.68 Å². The summed E-state index contributed by atoms with van der Waals surface area (Å²) in [6.45, 7) is 2.11. The van der Waals surface area contributed by atoms with E-state index in [0.717, 1.165) is 33.1 Å². The van der Waals surface area contributed by atoms with Gasteiger partial charge in [-0.1, -0.05) is 66.7 Å². The van der Waals surface area contributed by atoms with Crippen LogP contribution in [0.3, 0.4) is 0 Å². The van der Waals surface area contributed by atoms with Gasteiger partial charge in [-0.05, 0) is 24.6 Å². The Balaban J connectivity index is 1.83. The highest BCUT2D eigenvalue weighted by atomic mass is 16.4. The molecule has 1 N–H and O–H groups in total. The Labute approximate surface area is 184 Å². The topological polar surface area (TPSA) is 77.1 Å². The van der Waals surface area contributed by atoms with Crippen molar-refractivity contribution >= 4 is 27.6 Å². The first kappa shape index (κ1) is 19.8. The first-order chi connectivity index (χ1) is 15.5. The van der Waals surface area contributed by atoms with Crippen LogP contribution in [0.2, 0.25) is 0 Å². The number of nitrogens with zero attached hydrogens (tertiary/aromatic N) is 3. The molecule has 2 heterocycles. The largest absolute Gasteiger partial charge is 0.480 e. The lowest BCUT2D eigenvalue weighted by Crippen LogP contribution is -2.24. The number of fused-ring (bicyclic) bond motifs is 2.